The Morgan fingerprint density at radius 3 is 2.38 bits per heavy atom. The summed E-state index contributed by atoms with van der Waals surface area (Å²) in [5.41, 5.74) is 0.641. The Labute approximate surface area is 93.8 Å². The average molecular weight is 222 g/mol. The first-order valence-electron chi connectivity index (χ1n) is 4.80. The van der Waals surface area contributed by atoms with Gasteiger partial charge in [0.1, 0.15) is 11.5 Å². The fourth-order valence-electron chi connectivity index (χ4n) is 1.05. The van der Waals surface area contributed by atoms with Crippen LogP contribution in [0.1, 0.15) is 6.92 Å². The van der Waals surface area contributed by atoms with Gasteiger partial charge in [0.05, 0.1) is 13.7 Å². The van der Waals surface area contributed by atoms with E-state index in [9.17, 15) is 9.59 Å². The Morgan fingerprint density at radius 2 is 1.88 bits per heavy atom. The molecule has 0 aromatic heterocycles. The number of hydrogen-bond acceptors (Lipinski definition) is 3. The molecule has 0 fully saturated rings. The monoisotopic (exact) mass is 222 g/mol. The minimum Gasteiger partial charge on any atom is -0.497 e. The molecule has 0 unspecified atom stereocenters. The van der Waals surface area contributed by atoms with Gasteiger partial charge in [0.25, 0.3) is 0 Å². The molecule has 1 aromatic rings. The van der Waals surface area contributed by atoms with E-state index in [1.807, 2.05) is 0 Å². The molecule has 86 valence electrons. The fraction of sp³-hybridized carbons (Fsp3) is 0.273. The van der Waals surface area contributed by atoms with E-state index in [1.54, 1.807) is 31.4 Å². The lowest BCUT2D eigenvalue weighted by atomic mass is 10.3. The molecule has 2 N–H and O–H groups in total. The van der Waals surface area contributed by atoms with E-state index in [4.69, 9.17) is 4.74 Å². The van der Waals surface area contributed by atoms with Gasteiger partial charge >= 0.3 is 6.03 Å². The number of amides is 2. The normalized spacial score (nSPS) is 9.38. The maximum absolute atomic E-state index is 11.3. The molecule has 1 rings (SSSR count). The van der Waals surface area contributed by atoms with Crippen LogP contribution < -0.4 is 15.4 Å². The van der Waals surface area contributed by atoms with Gasteiger partial charge in [-0.05, 0) is 31.2 Å². The van der Waals surface area contributed by atoms with E-state index in [2.05, 4.69) is 10.6 Å². The van der Waals surface area contributed by atoms with Crippen molar-refractivity contribution in [2.24, 2.45) is 0 Å². The van der Waals surface area contributed by atoms with Crippen LogP contribution in [0, 0.1) is 0 Å². The van der Waals surface area contributed by atoms with Gasteiger partial charge in [-0.2, -0.15) is 0 Å². The molecule has 0 bridgehead atoms. The lowest BCUT2D eigenvalue weighted by molar-refractivity contribution is -0.116. The third-order valence-corrected chi connectivity index (χ3v) is 1.85. The van der Waals surface area contributed by atoms with E-state index in [0.717, 1.165) is 5.75 Å². The summed E-state index contributed by atoms with van der Waals surface area (Å²) in [6.07, 6.45) is 0. The first-order valence-corrected chi connectivity index (χ1v) is 4.80. The number of carbonyl (C=O) groups is 2. The molecular weight excluding hydrogens is 208 g/mol. The van der Waals surface area contributed by atoms with Crippen LogP contribution in [0.15, 0.2) is 24.3 Å². The number of ether oxygens (including phenoxy) is 1. The van der Waals surface area contributed by atoms with Crippen molar-refractivity contribution in [1.82, 2.24) is 5.32 Å². The minimum atomic E-state index is -0.402. The molecule has 0 aliphatic heterocycles. The molecule has 0 heterocycles. The molecule has 0 saturated carbocycles. The Morgan fingerprint density at radius 1 is 1.25 bits per heavy atom. The standard InChI is InChI=1S/C11H14N2O3/c1-8(14)7-12-11(15)13-9-3-5-10(16-2)6-4-9/h3-6H,7H2,1-2H3,(H2,12,13,15). The van der Waals surface area contributed by atoms with E-state index >= 15 is 0 Å². The van der Waals surface area contributed by atoms with Crippen molar-refractivity contribution >= 4 is 17.5 Å². The quantitative estimate of drug-likeness (QED) is 0.809. The van der Waals surface area contributed by atoms with Crippen molar-refractivity contribution in [2.45, 2.75) is 6.92 Å². The first-order chi connectivity index (χ1) is 7.61. The van der Waals surface area contributed by atoms with Crippen LogP contribution in [0.3, 0.4) is 0 Å². The SMILES string of the molecule is COc1ccc(NC(=O)NCC(C)=O)cc1. The van der Waals surface area contributed by atoms with Crippen molar-refractivity contribution in [3.05, 3.63) is 24.3 Å². The molecule has 16 heavy (non-hydrogen) atoms. The van der Waals surface area contributed by atoms with Gasteiger partial charge in [-0.15, -0.1) is 0 Å². The highest BCUT2D eigenvalue weighted by atomic mass is 16.5. The average Bonchev–Trinajstić information content (AvgIpc) is 2.27. The first kappa shape index (κ1) is 12.0. The highest BCUT2D eigenvalue weighted by Crippen LogP contribution is 2.14. The van der Waals surface area contributed by atoms with Crippen molar-refractivity contribution in [3.63, 3.8) is 0 Å². The molecule has 1 aromatic carbocycles. The summed E-state index contributed by atoms with van der Waals surface area (Å²) in [7, 11) is 1.57. The van der Waals surface area contributed by atoms with Crippen molar-refractivity contribution in [2.75, 3.05) is 19.0 Å². The summed E-state index contributed by atoms with van der Waals surface area (Å²) in [4.78, 5) is 21.9. The van der Waals surface area contributed by atoms with Gasteiger partial charge in [-0.25, -0.2) is 4.79 Å². The van der Waals surface area contributed by atoms with Crippen LogP contribution >= 0.6 is 0 Å². The van der Waals surface area contributed by atoms with Gasteiger partial charge in [0.2, 0.25) is 0 Å². The van der Waals surface area contributed by atoms with Crippen LogP contribution in [0.5, 0.6) is 5.75 Å². The molecule has 0 saturated heterocycles. The summed E-state index contributed by atoms with van der Waals surface area (Å²) in [5.74, 6) is 0.625. The molecule has 0 atom stereocenters. The van der Waals surface area contributed by atoms with Crippen molar-refractivity contribution < 1.29 is 14.3 Å². The summed E-state index contributed by atoms with van der Waals surface area (Å²) in [6.45, 7) is 1.44. The molecule has 0 aliphatic rings. The third kappa shape index (κ3) is 4.00. The number of carbonyl (C=O) groups excluding carboxylic acids is 2. The molecule has 5 nitrogen and oxygen atoms in total. The zero-order valence-corrected chi connectivity index (χ0v) is 9.24. The number of rotatable bonds is 4. The second kappa shape index (κ2) is 5.75. The number of methoxy groups -OCH3 is 1. The summed E-state index contributed by atoms with van der Waals surface area (Å²) >= 11 is 0. The lowest BCUT2D eigenvalue weighted by Gasteiger charge is -2.06. The Kier molecular flexibility index (Phi) is 4.32. The maximum atomic E-state index is 11.3. The van der Waals surface area contributed by atoms with E-state index < -0.39 is 6.03 Å². The Bertz CT molecular complexity index is 373. The van der Waals surface area contributed by atoms with Crippen LogP contribution in [-0.4, -0.2) is 25.5 Å². The smallest absolute Gasteiger partial charge is 0.319 e. The number of nitrogens with one attached hydrogen (secondary N) is 2. The highest BCUT2D eigenvalue weighted by molar-refractivity contribution is 5.92. The maximum Gasteiger partial charge on any atom is 0.319 e. The fourth-order valence-corrected chi connectivity index (χ4v) is 1.05. The van der Waals surface area contributed by atoms with Crippen LogP contribution in [0.25, 0.3) is 0 Å². The minimum absolute atomic E-state index is 0.0298. The molecular formula is C11H14N2O3. The van der Waals surface area contributed by atoms with E-state index in [-0.39, 0.29) is 12.3 Å². The zero-order valence-electron chi connectivity index (χ0n) is 9.24. The number of benzene rings is 1. The van der Waals surface area contributed by atoms with Gasteiger partial charge in [0, 0.05) is 5.69 Å². The predicted octanol–water partition coefficient (Wildman–Crippen LogP) is 1.41. The second-order valence-corrected chi connectivity index (χ2v) is 3.24. The van der Waals surface area contributed by atoms with Gasteiger partial charge in [-0.3, -0.25) is 4.79 Å². The van der Waals surface area contributed by atoms with Crippen LogP contribution in [0.2, 0.25) is 0 Å². The lowest BCUT2D eigenvalue weighted by Crippen LogP contribution is -2.32. The summed E-state index contributed by atoms with van der Waals surface area (Å²) < 4.78 is 4.98. The highest BCUT2D eigenvalue weighted by Gasteiger charge is 2.02. The van der Waals surface area contributed by atoms with Gasteiger partial charge < -0.3 is 15.4 Å². The van der Waals surface area contributed by atoms with Crippen LogP contribution in [-0.2, 0) is 4.79 Å². The van der Waals surface area contributed by atoms with E-state index in [0.29, 0.717) is 5.69 Å². The number of ketones is 1. The topological polar surface area (TPSA) is 67.4 Å². The molecule has 5 heteroatoms. The van der Waals surface area contributed by atoms with E-state index in [1.165, 1.54) is 6.92 Å². The Balaban J connectivity index is 2.46. The summed E-state index contributed by atoms with van der Waals surface area (Å²) in [6, 6.07) is 6.50. The molecule has 2 amide bonds. The number of anilines is 1. The van der Waals surface area contributed by atoms with Gasteiger partial charge in [0.15, 0.2) is 0 Å². The molecule has 0 radical (unpaired) electrons. The van der Waals surface area contributed by atoms with Gasteiger partial charge in [-0.1, -0.05) is 0 Å². The van der Waals surface area contributed by atoms with Crippen molar-refractivity contribution in [3.8, 4) is 5.75 Å². The Hall–Kier alpha value is -2.04. The number of urea groups is 1. The summed E-state index contributed by atoms with van der Waals surface area (Å²) in [5, 5.41) is 5.02. The second-order valence-electron chi connectivity index (χ2n) is 3.24. The number of hydrogen-bond donors (Lipinski definition) is 2. The van der Waals surface area contributed by atoms with Crippen molar-refractivity contribution in [1.29, 1.82) is 0 Å². The third-order valence-electron chi connectivity index (χ3n) is 1.85. The molecule has 0 aliphatic carbocycles. The predicted molar refractivity (Wildman–Crippen MR) is 60.7 cm³/mol. The molecule has 0 spiro atoms. The zero-order chi connectivity index (χ0) is 12.0. The largest absolute Gasteiger partial charge is 0.497 e. The number of Topliss-reactive ketones (excluding diaryl/α,β-unsaturated/α-hetero) is 1. The van der Waals surface area contributed by atoms with Crippen LogP contribution in [0.4, 0.5) is 10.5 Å².